The number of aryl methyl sites for hydroxylation is 1. The predicted molar refractivity (Wildman–Crippen MR) is 105 cm³/mol. The number of fused-ring (bicyclic) bond motifs is 1. The molecule has 0 saturated carbocycles. The van der Waals surface area contributed by atoms with Crippen molar-refractivity contribution in [3.63, 3.8) is 0 Å². The number of ether oxygens (including phenoxy) is 1. The lowest BCUT2D eigenvalue weighted by atomic mass is 10.2. The lowest BCUT2D eigenvalue weighted by molar-refractivity contribution is 0.0955. The monoisotopic (exact) mass is 372 g/mol. The molecule has 0 aliphatic heterocycles. The fourth-order valence-electron chi connectivity index (χ4n) is 2.55. The van der Waals surface area contributed by atoms with Gasteiger partial charge in [0, 0.05) is 5.56 Å². The topological polar surface area (TPSA) is 89.6 Å². The molecule has 0 aliphatic carbocycles. The van der Waals surface area contributed by atoms with E-state index in [4.69, 9.17) is 4.74 Å². The lowest BCUT2D eigenvalue weighted by Crippen LogP contribution is -2.17. The summed E-state index contributed by atoms with van der Waals surface area (Å²) in [6.45, 7) is 2.02. The summed E-state index contributed by atoms with van der Waals surface area (Å²) >= 11 is 0. The zero-order valence-corrected chi connectivity index (χ0v) is 15.0. The van der Waals surface area contributed by atoms with Crippen molar-refractivity contribution in [2.45, 2.75) is 6.92 Å². The summed E-state index contributed by atoms with van der Waals surface area (Å²) in [4.78, 5) is 12.2. The number of benzene rings is 3. The molecule has 0 atom stereocenters. The van der Waals surface area contributed by atoms with Crippen molar-refractivity contribution in [1.29, 1.82) is 0 Å². The summed E-state index contributed by atoms with van der Waals surface area (Å²) in [5.74, 6) is 1.09. The largest absolute Gasteiger partial charge is 0.457 e. The highest BCUT2D eigenvalue weighted by atomic mass is 16.6. The van der Waals surface area contributed by atoms with Gasteiger partial charge in [0.15, 0.2) is 0 Å². The predicted octanol–water partition coefficient (Wildman–Crippen LogP) is 4.09. The van der Waals surface area contributed by atoms with Gasteiger partial charge < -0.3 is 4.74 Å². The highest BCUT2D eigenvalue weighted by Crippen LogP contribution is 2.22. The third-order valence-electron chi connectivity index (χ3n) is 4.01. The molecule has 3 aromatic carbocycles. The van der Waals surface area contributed by atoms with Crippen LogP contribution in [-0.2, 0) is 0 Å². The molecule has 1 N–H and O–H groups in total. The van der Waals surface area contributed by atoms with Crippen LogP contribution in [0.5, 0.6) is 11.5 Å². The van der Waals surface area contributed by atoms with Crippen molar-refractivity contribution in [3.8, 4) is 11.5 Å². The van der Waals surface area contributed by atoms with Gasteiger partial charge in [-0.3, -0.25) is 4.79 Å². The van der Waals surface area contributed by atoms with Crippen molar-refractivity contribution in [2.75, 3.05) is 0 Å². The maximum atomic E-state index is 12.2. The van der Waals surface area contributed by atoms with Crippen molar-refractivity contribution in [2.24, 2.45) is 5.10 Å². The number of amides is 1. The van der Waals surface area contributed by atoms with Gasteiger partial charge in [-0.25, -0.2) is 10.1 Å². The second-order valence-corrected chi connectivity index (χ2v) is 6.15. The quantitative estimate of drug-likeness (QED) is 0.421. The number of nitrogens with one attached hydrogen (secondary N) is 1. The Morgan fingerprint density at radius 2 is 1.82 bits per heavy atom. The van der Waals surface area contributed by atoms with E-state index in [0.717, 1.165) is 11.3 Å². The molecule has 138 valence electrons. The first-order chi connectivity index (χ1) is 13.7. The molecule has 0 bridgehead atoms. The van der Waals surface area contributed by atoms with Crippen LogP contribution in [0.1, 0.15) is 21.5 Å². The van der Waals surface area contributed by atoms with Crippen LogP contribution in [0.25, 0.3) is 11.0 Å². The third-order valence-corrected chi connectivity index (χ3v) is 4.01. The average molecular weight is 372 g/mol. The SMILES string of the molecule is Cc1ccc(Oc2cccc(/C=N/NC(=O)c3ccc4nonc4c3)c2)cc1. The number of hydrogen-bond donors (Lipinski definition) is 1. The molecular weight excluding hydrogens is 356 g/mol. The Morgan fingerprint density at radius 1 is 1.00 bits per heavy atom. The third kappa shape index (κ3) is 4.04. The summed E-state index contributed by atoms with van der Waals surface area (Å²) in [7, 11) is 0. The van der Waals surface area contributed by atoms with Gasteiger partial charge in [-0.1, -0.05) is 29.8 Å². The first-order valence-corrected chi connectivity index (χ1v) is 8.58. The molecule has 7 nitrogen and oxygen atoms in total. The minimum Gasteiger partial charge on any atom is -0.457 e. The van der Waals surface area contributed by atoms with Gasteiger partial charge in [0.2, 0.25) is 0 Å². The molecule has 0 saturated heterocycles. The van der Waals surface area contributed by atoms with Crippen LogP contribution >= 0.6 is 0 Å². The second kappa shape index (κ2) is 7.71. The van der Waals surface area contributed by atoms with Crippen LogP contribution in [0.3, 0.4) is 0 Å². The Labute approximate surface area is 160 Å². The highest BCUT2D eigenvalue weighted by Gasteiger charge is 2.08. The van der Waals surface area contributed by atoms with Crippen molar-refractivity contribution in [3.05, 3.63) is 83.4 Å². The number of carbonyl (C=O) groups is 1. The Kier molecular flexibility index (Phi) is 4.79. The standard InChI is InChI=1S/C21H16N4O3/c1-14-5-8-17(9-6-14)27-18-4-2-3-15(11-18)13-22-23-21(26)16-7-10-19-20(12-16)25-28-24-19/h2-13H,1H3,(H,23,26)/b22-13+. The Hall–Kier alpha value is -4.00. The number of hydrazone groups is 1. The van der Waals surface area contributed by atoms with Gasteiger partial charge in [0.1, 0.15) is 22.5 Å². The van der Waals surface area contributed by atoms with Gasteiger partial charge in [-0.2, -0.15) is 5.10 Å². The lowest BCUT2D eigenvalue weighted by Gasteiger charge is -2.06. The zero-order chi connectivity index (χ0) is 19.3. The Balaban J connectivity index is 1.41. The van der Waals surface area contributed by atoms with Crippen LogP contribution in [0.4, 0.5) is 0 Å². The Bertz CT molecular complexity index is 1150. The van der Waals surface area contributed by atoms with Gasteiger partial charge >= 0.3 is 0 Å². The smallest absolute Gasteiger partial charge is 0.271 e. The van der Waals surface area contributed by atoms with Crippen LogP contribution < -0.4 is 10.2 Å². The molecule has 1 heterocycles. The zero-order valence-electron chi connectivity index (χ0n) is 15.0. The molecule has 4 aromatic rings. The van der Waals surface area contributed by atoms with Crippen LogP contribution in [0.15, 0.2) is 76.5 Å². The van der Waals surface area contributed by atoms with Crippen molar-refractivity contribution in [1.82, 2.24) is 15.7 Å². The van der Waals surface area contributed by atoms with Crippen molar-refractivity contribution >= 4 is 23.2 Å². The first-order valence-electron chi connectivity index (χ1n) is 8.58. The molecule has 1 amide bonds. The molecule has 0 unspecified atom stereocenters. The molecule has 1 aromatic heterocycles. The summed E-state index contributed by atoms with van der Waals surface area (Å²) in [5.41, 5.74) is 5.97. The molecule has 0 spiro atoms. The van der Waals surface area contributed by atoms with Crippen LogP contribution in [0.2, 0.25) is 0 Å². The summed E-state index contributed by atoms with van der Waals surface area (Å²) in [5, 5.41) is 11.4. The molecule has 0 fully saturated rings. The van der Waals surface area contributed by atoms with Gasteiger partial charge in [-0.05, 0) is 65.3 Å². The second-order valence-electron chi connectivity index (χ2n) is 6.15. The number of aromatic nitrogens is 2. The van der Waals surface area contributed by atoms with Gasteiger partial charge in [0.25, 0.3) is 5.91 Å². The fraction of sp³-hybridized carbons (Fsp3) is 0.0476. The maximum absolute atomic E-state index is 12.2. The number of hydrogen-bond acceptors (Lipinski definition) is 6. The maximum Gasteiger partial charge on any atom is 0.271 e. The molecule has 0 radical (unpaired) electrons. The minimum absolute atomic E-state index is 0.354. The van der Waals surface area contributed by atoms with E-state index in [1.807, 2.05) is 55.5 Å². The van der Waals surface area contributed by atoms with E-state index < -0.39 is 0 Å². The van der Waals surface area contributed by atoms with Crippen LogP contribution in [-0.4, -0.2) is 22.4 Å². The molecule has 28 heavy (non-hydrogen) atoms. The van der Waals surface area contributed by atoms with Gasteiger partial charge in [0.05, 0.1) is 6.21 Å². The average Bonchev–Trinajstić information content (AvgIpc) is 3.18. The van der Waals surface area contributed by atoms with E-state index in [9.17, 15) is 4.79 Å². The molecule has 7 heteroatoms. The summed E-state index contributed by atoms with van der Waals surface area (Å²) in [6, 6.07) is 20.1. The molecule has 4 rings (SSSR count). The normalized spacial score (nSPS) is 11.0. The van der Waals surface area contributed by atoms with E-state index >= 15 is 0 Å². The van der Waals surface area contributed by atoms with Gasteiger partial charge in [-0.15, -0.1) is 0 Å². The molecule has 0 aliphatic rings. The van der Waals surface area contributed by atoms with E-state index in [-0.39, 0.29) is 5.91 Å². The summed E-state index contributed by atoms with van der Waals surface area (Å²) in [6.07, 6.45) is 1.55. The van der Waals surface area contributed by atoms with Crippen molar-refractivity contribution < 1.29 is 14.2 Å². The molecular formula is C21H16N4O3. The number of carbonyl (C=O) groups excluding carboxylic acids is 1. The van der Waals surface area contributed by atoms with E-state index in [0.29, 0.717) is 22.3 Å². The van der Waals surface area contributed by atoms with E-state index in [2.05, 4.69) is 25.5 Å². The Morgan fingerprint density at radius 3 is 2.68 bits per heavy atom. The number of rotatable bonds is 5. The van der Waals surface area contributed by atoms with E-state index in [1.165, 1.54) is 5.56 Å². The number of nitrogens with zero attached hydrogens (tertiary/aromatic N) is 3. The minimum atomic E-state index is -0.354. The van der Waals surface area contributed by atoms with E-state index in [1.54, 1.807) is 24.4 Å². The van der Waals surface area contributed by atoms with Crippen LogP contribution in [0, 0.1) is 6.92 Å². The first kappa shape index (κ1) is 17.4. The fourth-order valence-corrected chi connectivity index (χ4v) is 2.55. The summed E-state index contributed by atoms with van der Waals surface area (Å²) < 4.78 is 10.5. The highest BCUT2D eigenvalue weighted by molar-refractivity contribution is 5.97.